The van der Waals surface area contributed by atoms with Crippen LogP contribution in [-0.4, -0.2) is 30.8 Å². The average Bonchev–Trinajstić information content (AvgIpc) is 3.31. The molecule has 1 amide bonds. The molecule has 172 valence electrons. The van der Waals surface area contributed by atoms with Crippen molar-refractivity contribution in [2.24, 2.45) is 0 Å². The molecule has 0 aliphatic carbocycles. The number of pyridine rings is 2. The topological polar surface area (TPSA) is 106 Å². The van der Waals surface area contributed by atoms with Gasteiger partial charge in [0.1, 0.15) is 24.3 Å². The Kier molecular flexibility index (Phi) is 6.00. The highest BCUT2D eigenvalue weighted by molar-refractivity contribution is 5.99. The molecule has 4 aromatic heterocycles. The molecule has 0 radical (unpaired) electrons. The highest BCUT2D eigenvalue weighted by Crippen LogP contribution is 2.35. The summed E-state index contributed by atoms with van der Waals surface area (Å²) in [6.45, 7) is 5.74. The maximum Gasteiger partial charge on any atom is 0.247 e. The van der Waals surface area contributed by atoms with Crippen LogP contribution in [0.2, 0.25) is 0 Å². The van der Waals surface area contributed by atoms with Gasteiger partial charge in [0.2, 0.25) is 5.91 Å². The van der Waals surface area contributed by atoms with Gasteiger partial charge in [-0.25, -0.2) is 15.0 Å². The number of hydrogen-bond acceptors (Lipinski definition) is 6. The summed E-state index contributed by atoms with van der Waals surface area (Å²) in [4.78, 5) is 32.6. The van der Waals surface area contributed by atoms with E-state index < -0.39 is 0 Å². The highest BCUT2D eigenvalue weighted by Gasteiger charge is 2.15. The van der Waals surface area contributed by atoms with Gasteiger partial charge in [-0.2, -0.15) is 0 Å². The summed E-state index contributed by atoms with van der Waals surface area (Å²) in [7, 11) is 0. The van der Waals surface area contributed by atoms with E-state index in [-0.39, 0.29) is 5.91 Å². The third-order valence-electron chi connectivity index (χ3n) is 5.44. The number of anilines is 1. The van der Waals surface area contributed by atoms with Crippen molar-refractivity contribution in [3.8, 4) is 28.1 Å². The first-order chi connectivity index (χ1) is 17.1. The quantitative estimate of drug-likeness (QED) is 0.326. The molecule has 1 aromatic carbocycles. The molecule has 0 aliphatic heterocycles. The molecule has 8 nitrogen and oxygen atoms in total. The number of aromatic amines is 1. The van der Waals surface area contributed by atoms with Gasteiger partial charge in [-0.15, -0.1) is 0 Å². The number of aryl methyl sites for hydroxylation is 1. The van der Waals surface area contributed by atoms with Crippen molar-refractivity contribution >= 4 is 22.6 Å². The summed E-state index contributed by atoms with van der Waals surface area (Å²) in [6, 6.07) is 15.4. The number of amides is 1. The summed E-state index contributed by atoms with van der Waals surface area (Å²) in [5, 5.41) is 3.68. The van der Waals surface area contributed by atoms with Gasteiger partial charge in [0.15, 0.2) is 5.75 Å². The van der Waals surface area contributed by atoms with E-state index >= 15 is 0 Å². The Morgan fingerprint density at radius 2 is 2.00 bits per heavy atom. The minimum Gasteiger partial charge on any atom is -0.483 e. The van der Waals surface area contributed by atoms with Crippen molar-refractivity contribution < 1.29 is 9.53 Å². The fourth-order valence-corrected chi connectivity index (χ4v) is 3.78. The van der Waals surface area contributed by atoms with Gasteiger partial charge in [0.25, 0.3) is 0 Å². The largest absolute Gasteiger partial charge is 0.483 e. The van der Waals surface area contributed by atoms with Gasteiger partial charge in [0, 0.05) is 40.3 Å². The number of nitrogens with zero attached hydrogens (tertiary/aromatic N) is 4. The number of H-pyrrole nitrogens is 1. The van der Waals surface area contributed by atoms with Crippen LogP contribution in [0.5, 0.6) is 5.75 Å². The Morgan fingerprint density at radius 3 is 2.86 bits per heavy atom. The van der Waals surface area contributed by atoms with E-state index in [9.17, 15) is 4.79 Å². The molecule has 0 fully saturated rings. The zero-order chi connectivity index (χ0) is 24.2. The second kappa shape index (κ2) is 9.56. The third-order valence-corrected chi connectivity index (χ3v) is 5.44. The summed E-state index contributed by atoms with van der Waals surface area (Å²) in [6.07, 6.45) is 8.04. The molecule has 5 aromatic rings. The molecule has 4 heterocycles. The molecule has 8 heteroatoms. The molecule has 0 unspecified atom stereocenters. The maximum absolute atomic E-state index is 11.7. The Morgan fingerprint density at radius 1 is 1.11 bits per heavy atom. The minimum absolute atomic E-state index is 0.263. The summed E-state index contributed by atoms with van der Waals surface area (Å²) in [5.41, 5.74) is 6.48. The van der Waals surface area contributed by atoms with E-state index in [1.807, 2.05) is 61.7 Å². The van der Waals surface area contributed by atoms with E-state index in [1.165, 1.54) is 12.4 Å². The molecule has 0 saturated carbocycles. The van der Waals surface area contributed by atoms with Gasteiger partial charge in [-0.1, -0.05) is 24.8 Å². The van der Waals surface area contributed by atoms with Crippen LogP contribution in [0.15, 0.2) is 86.1 Å². The number of ether oxygens (including phenoxy) is 1. The monoisotopic (exact) mass is 462 g/mol. The molecule has 35 heavy (non-hydrogen) atoms. The molecule has 0 bridgehead atoms. The van der Waals surface area contributed by atoms with Crippen LogP contribution in [0, 0.1) is 6.92 Å². The van der Waals surface area contributed by atoms with Crippen LogP contribution < -0.4 is 10.1 Å². The highest BCUT2D eigenvalue weighted by atomic mass is 16.5. The Labute approximate surface area is 201 Å². The first kappa shape index (κ1) is 22.0. The average molecular weight is 463 g/mol. The normalized spacial score (nSPS) is 10.8. The molecule has 0 aliphatic rings. The van der Waals surface area contributed by atoms with Crippen molar-refractivity contribution in [3.63, 3.8) is 0 Å². The number of carbonyl (C=O) groups is 1. The van der Waals surface area contributed by atoms with Gasteiger partial charge in [-0.3, -0.25) is 9.78 Å². The smallest absolute Gasteiger partial charge is 0.247 e. The maximum atomic E-state index is 11.7. The van der Waals surface area contributed by atoms with Gasteiger partial charge < -0.3 is 15.0 Å². The minimum atomic E-state index is -0.263. The molecular weight excluding hydrogens is 440 g/mol. The number of carbonyl (C=O) groups excluding carboxylic acids is 1. The number of rotatable bonds is 7. The predicted molar refractivity (Wildman–Crippen MR) is 135 cm³/mol. The summed E-state index contributed by atoms with van der Waals surface area (Å²) < 4.78 is 6.06. The lowest BCUT2D eigenvalue weighted by Crippen LogP contribution is -2.06. The Hall–Kier alpha value is -4.85. The number of fused-ring (bicyclic) bond motifs is 1. The van der Waals surface area contributed by atoms with Crippen LogP contribution in [0.25, 0.3) is 33.4 Å². The fourth-order valence-electron chi connectivity index (χ4n) is 3.78. The van der Waals surface area contributed by atoms with Crippen molar-refractivity contribution in [2.75, 3.05) is 5.32 Å². The van der Waals surface area contributed by atoms with Crippen LogP contribution in [-0.2, 0) is 11.4 Å². The van der Waals surface area contributed by atoms with Crippen molar-refractivity contribution in [3.05, 3.63) is 97.5 Å². The van der Waals surface area contributed by atoms with Gasteiger partial charge in [-0.05, 0) is 48.9 Å². The van der Waals surface area contributed by atoms with Crippen LogP contribution in [0.1, 0.15) is 11.4 Å². The van der Waals surface area contributed by atoms with Crippen molar-refractivity contribution in [1.82, 2.24) is 24.9 Å². The number of nitrogens with one attached hydrogen (secondary N) is 2. The molecule has 0 atom stereocenters. The van der Waals surface area contributed by atoms with Crippen LogP contribution >= 0.6 is 0 Å². The van der Waals surface area contributed by atoms with Crippen LogP contribution in [0.3, 0.4) is 0 Å². The lowest BCUT2D eigenvalue weighted by molar-refractivity contribution is -0.111. The zero-order valence-corrected chi connectivity index (χ0v) is 19.0. The van der Waals surface area contributed by atoms with Gasteiger partial charge >= 0.3 is 0 Å². The second-order valence-electron chi connectivity index (χ2n) is 7.89. The van der Waals surface area contributed by atoms with Crippen LogP contribution in [0.4, 0.5) is 5.69 Å². The summed E-state index contributed by atoms with van der Waals surface area (Å²) in [5.74, 6) is 0.289. The molecular formula is C27H22N6O2. The lowest BCUT2D eigenvalue weighted by atomic mass is 10.0. The Balaban J connectivity index is 1.49. The van der Waals surface area contributed by atoms with Gasteiger partial charge in [0.05, 0.1) is 11.9 Å². The number of aromatic nitrogens is 5. The lowest BCUT2D eigenvalue weighted by Gasteiger charge is -2.10. The van der Waals surface area contributed by atoms with E-state index in [0.29, 0.717) is 23.7 Å². The zero-order valence-electron chi connectivity index (χ0n) is 19.0. The third kappa shape index (κ3) is 4.77. The van der Waals surface area contributed by atoms with Crippen molar-refractivity contribution in [2.45, 2.75) is 13.5 Å². The Bertz CT molecular complexity index is 1540. The standard InChI is InChI=1S/C27H22N6O2/c1-3-25(34)33-20-8-5-7-18(10-20)19-11-22-23(13-30-27(22)29-12-19)26-24(14-28-16-31-26)35-15-21-9-4-6-17(2)32-21/h3-14,16H,1,15H2,2H3,(H,29,30)(H,33,34). The molecule has 5 rings (SSSR count). The van der Waals surface area contributed by atoms with Crippen molar-refractivity contribution in [1.29, 1.82) is 0 Å². The van der Waals surface area contributed by atoms with E-state index in [1.54, 1.807) is 12.4 Å². The first-order valence-electron chi connectivity index (χ1n) is 11.0. The SMILES string of the molecule is C=CC(=O)Nc1cccc(-c2cnc3[nH]cc(-c4ncncc4OCc4cccc(C)n4)c3c2)c1. The fraction of sp³-hybridized carbons (Fsp3) is 0.0741. The van der Waals surface area contributed by atoms with E-state index in [0.717, 1.165) is 39.1 Å². The predicted octanol–water partition coefficient (Wildman–Crippen LogP) is 5.09. The second-order valence-corrected chi connectivity index (χ2v) is 7.89. The molecule has 2 N–H and O–H groups in total. The number of hydrogen-bond donors (Lipinski definition) is 2. The van der Waals surface area contributed by atoms with E-state index in [4.69, 9.17) is 4.74 Å². The molecule has 0 spiro atoms. The first-order valence-corrected chi connectivity index (χ1v) is 11.0. The van der Waals surface area contributed by atoms with E-state index in [2.05, 4.69) is 36.8 Å². The number of benzene rings is 1. The molecule has 0 saturated heterocycles. The summed E-state index contributed by atoms with van der Waals surface area (Å²) >= 11 is 0.